The summed E-state index contributed by atoms with van der Waals surface area (Å²) in [6.07, 6.45) is -2.31. The van der Waals surface area contributed by atoms with Gasteiger partial charge in [-0.05, 0) is 32.2 Å². The Morgan fingerprint density at radius 3 is 2.81 bits per heavy atom. The normalized spacial score (nSPS) is 22.7. The van der Waals surface area contributed by atoms with Crippen molar-refractivity contribution in [3.63, 3.8) is 0 Å². The molecular weight excluding hydrogens is 221 g/mol. The van der Waals surface area contributed by atoms with Crippen molar-refractivity contribution in [2.45, 2.75) is 44.3 Å². The predicted octanol–water partition coefficient (Wildman–Crippen LogP) is 1.59. The number of halogens is 3. The van der Waals surface area contributed by atoms with Crippen LogP contribution >= 0.6 is 0 Å². The molecule has 0 aliphatic carbocycles. The lowest BCUT2D eigenvalue weighted by Gasteiger charge is -2.15. The minimum absolute atomic E-state index is 0.0211. The molecule has 94 valence electrons. The Kier molecular flexibility index (Phi) is 5.05. The summed E-state index contributed by atoms with van der Waals surface area (Å²) in [5, 5.41) is 5.60. The molecule has 1 rings (SSSR count). The summed E-state index contributed by atoms with van der Waals surface area (Å²) in [6, 6.07) is -0.323. The third-order valence-corrected chi connectivity index (χ3v) is 2.56. The van der Waals surface area contributed by atoms with E-state index in [1.807, 2.05) is 0 Å². The highest BCUT2D eigenvalue weighted by Gasteiger charge is 2.26. The molecule has 1 atom stereocenters. The second-order valence-corrected chi connectivity index (χ2v) is 4.01. The molecule has 0 aromatic carbocycles. The number of alkyl halides is 3. The van der Waals surface area contributed by atoms with Gasteiger partial charge in [0.2, 0.25) is 5.91 Å². The SMILES string of the molecule is O=C1NCCCCC1NCCCC(F)(F)F. The van der Waals surface area contributed by atoms with E-state index in [2.05, 4.69) is 10.6 Å². The van der Waals surface area contributed by atoms with Crippen LogP contribution in [0.25, 0.3) is 0 Å². The van der Waals surface area contributed by atoms with Gasteiger partial charge in [0.1, 0.15) is 0 Å². The summed E-state index contributed by atoms with van der Waals surface area (Å²) in [5.74, 6) is -0.0930. The lowest BCUT2D eigenvalue weighted by atomic mass is 10.1. The summed E-state index contributed by atoms with van der Waals surface area (Å²) in [5.41, 5.74) is 0. The van der Waals surface area contributed by atoms with Crippen LogP contribution in [0.4, 0.5) is 13.2 Å². The number of amides is 1. The summed E-state index contributed by atoms with van der Waals surface area (Å²) in [6.45, 7) is 0.900. The molecule has 1 saturated heterocycles. The highest BCUT2D eigenvalue weighted by atomic mass is 19.4. The molecule has 0 aromatic rings. The Bertz CT molecular complexity index is 231. The van der Waals surface area contributed by atoms with E-state index < -0.39 is 12.6 Å². The van der Waals surface area contributed by atoms with Gasteiger partial charge in [0, 0.05) is 13.0 Å². The smallest absolute Gasteiger partial charge is 0.355 e. The van der Waals surface area contributed by atoms with E-state index in [9.17, 15) is 18.0 Å². The van der Waals surface area contributed by atoms with Crippen LogP contribution in [0.15, 0.2) is 0 Å². The number of rotatable bonds is 4. The first-order valence-electron chi connectivity index (χ1n) is 5.57. The monoisotopic (exact) mass is 238 g/mol. The minimum Gasteiger partial charge on any atom is -0.355 e. The van der Waals surface area contributed by atoms with Crippen LogP contribution in [0.2, 0.25) is 0 Å². The van der Waals surface area contributed by atoms with Crippen LogP contribution in [-0.4, -0.2) is 31.2 Å². The molecule has 2 N–H and O–H groups in total. The zero-order valence-corrected chi connectivity index (χ0v) is 9.07. The largest absolute Gasteiger partial charge is 0.389 e. The Balaban J connectivity index is 2.18. The van der Waals surface area contributed by atoms with Crippen molar-refractivity contribution in [3.05, 3.63) is 0 Å². The quantitative estimate of drug-likeness (QED) is 0.730. The second kappa shape index (κ2) is 6.08. The lowest BCUT2D eigenvalue weighted by molar-refractivity contribution is -0.135. The Hall–Kier alpha value is -0.780. The first-order valence-corrected chi connectivity index (χ1v) is 5.57. The van der Waals surface area contributed by atoms with Crippen LogP contribution in [0.3, 0.4) is 0 Å². The Morgan fingerprint density at radius 2 is 2.12 bits per heavy atom. The fourth-order valence-corrected chi connectivity index (χ4v) is 1.70. The number of carbonyl (C=O) groups excluding carboxylic acids is 1. The zero-order chi connectivity index (χ0) is 12.0. The molecule has 1 fully saturated rings. The first kappa shape index (κ1) is 13.3. The Labute approximate surface area is 92.8 Å². The second-order valence-electron chi connectivity index (χ2n) is 4.01. The van der Waals surface area contributed by atoms with Crippen molar-refractivity contribution in [3.8, 4) is 0 Å². The van der Waals surface area contributed by atoms with Gasteiger partial charge in [-0.3, -0.25) is 4.79 Å². The van der Waals surface area contributed by atoms with Crippen molar-refractivity contribution in [2.24, 2.45) is 0 Å². The minimum atomic E-state index is -4.10. The molecule has 1 aliphatic rings. The van der Waals surface area contributed by atoms with Crippen molar-refractivity contribution in [1.82, 2.24) is 10.6 Å². The van der Waals surface area contributed by atoms with Crippen LogP contribution in [0.5, 0.6) is 0 Å². The maximum Gasteiger partial charge on any atom is 0.389 e. The van der Waals surface area contributed by atoms with Gasteiger partial charge < -0.3 is 10.6 Å². The van der Waals surface area contributed by atoms with E-state index in [0.29, 0.717) is 13.0 Å². The molecule has 0 spiro atoms. The molecule has 0 radical (unpaired) electrons. The maximum absolute atomic E-state index is 11.9. The fraction of sp³-hybridized carbons (Fsp3) is 0.900. The summed E-state index contributed by atoms with van der Waals surface area (Å²) in [4.78, 5) is 11.4. The molecule has 0 aromatic heterocycles. The number of hydrogen-bond acceptors (Lipinski definition) is 2. The van der Waals surface area contributed by atoms with Crippen LogP contribution in [-0.2, 0) is 4.79 Å². The van der Waals surface area contributed by atoms with Crippen molar-refractivity contribution < 1.29 is 18.0 Å². The van der Waals surface area contributed by atoms with Gasteiger partial charge in [-0.15, -0.1) is 0 Å². The molecule has 1 aliphatic heterocycles. The van der Waals surface area contributed by atoms with E-state index in [-0.39, 0.29) is 24.9 Å². The number of hydrogen-bond donors (Lipinski definition) is 2. The Morgan fingerprint density at radius 1 is 1.38 bits per heavy atom. The predicted molar refractivity (Wildman–Crippen MR) is 53.9 cm³/mol. The molecular formula is C10H17F3N2O. The maximum atomic E-state index is 11.9. The van der Waals surface area contributed by atoms with Crippen LogP contribution in [0.1, 0.15) is 32.1 Å². The molecule has 0 saturated carbocycles. The van der Waals surface area contributed by atoms with Crippen LogP contribution < -0.4 is 10.6 Å². The van der Waals surface area contributed by atoms with E-state index >= 15 is 0 Å². The topological polar surface area (TPSA) is 41.1 Å². The van der Waals surface area contributed by atoms with Crippen molar-refractivity contribution >= 4 is 5.91 Å². The zero-order valence-electron chi connectivity index (χ0n) is 9.07. The third kappa shape index (κ3) is 5.34. The standard InChI is InChI=1S/C10H17F3N2O/c11-10(12,13)5-3-7-14-8-4-1-2-6-15-9(8)16/h8,14H,1-7H2,(H,15,16). The van der Waals surface area contributed by atoms with E-state index in [1.165, 1.54) is 0 Å². The summed E-state index contributed by atoms with van der Waals surface area (Å²) in [7, 11) is 0. The fourth-order valence-electron chi connectivity index (χ4n) is 1.70. The van der Waals surface area contributed by atoms with Gasteiger partial charge >= 0.3 is 6.18 Å². The average molecular weight is 238 g/mol. The van der Waals surface area contributed by atoms with Gasteiger partial charge in [-0.25, -0.2) is 0 Å². The van der Waals surface area contributed by atoms with E-state index in [4.69, 9.17) is 0 Å². The molecule has 1 unspecified atom stereocenters. The highest BCUT2D eigenvalue weighted by Crippen LogP contribution is 2.20. The van der Waals surface area contributed by atoms with Gasteiger partial charge in [-0.1, -0.05) is 0 Å². The first-order chi connectivity index (χ1) is 7.49. The van der Waals surface area contributed by atoms with Gasteiger partial charge in [0.05, 0.1) is 6.04 Å². The number of nitrogens with one attached hydrogen (secondary N) is 2. The molecule has 16 heavy (non-hydrogen) atoms. The molecule has 1 heterocycles. The van der Waals surface area contributed by atoms with Gasteiger partial charge in [0.15, 0.2) is 0 Å². The summed E-state index contributed by atoms with van der Waals surface area (Å²) >= 11 is 0. The molecule has 3 nitrogen and oxygen atoms in total. The van der Waals surface area contributed by atoms with Crippen molar-refractivity contribution in [1.29, 1.82) is 0 Å². The van der Waals surface area contributed by atoms with Gasteiger partial charge in [-0.2, -0.15) is 13.2 Å². The molecule has 1 amide bonds. The van der Waals surface area contributed by atoms with E-state index in [1.54, 1.807) is 0 Å². The van der Waals surface area contributed by atoms with Gasteiger partial charge in [0.25, 0.3) is 0 Å². The van der Waals surface area contributed by atoms with E-state index in [0.717, 1.165) is 12.8 Å². The lowest BCUT2D eigenvalue weighted by Crippen LogP contribution is -2.43. The summed E-state index contributed by atoms with van der Waals surface area (Å²) < 4.78 is 35.6. The molecule has 0 bridgehead atoms. The average Bonchev–Trinajstić information content (AvgIpc) is 2.37. The van der Waals surface area contributed by atoms with Crippen molar-refractivity contribution in [2.75, 3.05) is 13.1 Å². The van der Waals surface area contributed by atoms with Crippen LogP contribution in [0, 0.1) is 0 Å². The number of carbonyl (C=O) groups is 1. The molecule has 6 heteroatoms. The third-order valence-electron chi connectivity index (χ3n) is 2.56. The highest BCUT2D eigenvalue weighted by molar-refractivity contribution is 5.81.